The highest BCUT2D eigenvalue weighted by molar-refractivity contribution is 7.39. The summed E-state index contributed by atoms with van der Waals surface area (Å²) in [7, 11) is -2.07. The molecule has 0 saturated carbocycles. The van der Waals surface area contributed by atoms with Crippen molar-refractivity contribution in [1.29, 1.82) is 0 Å². The van der Waals surface area contributed by atoms with Crippen molar-refractivity contribution in [2.45, 2.75) is 31.5 Å². The lowest BCUT2D eigenvalue weighted by molar-refractivity contribution is 0.495. The van der Waals surface area contributed by atoms with Gasteiger partial charge in [-0.1, -0.05) is 6.08 Å². The molecule has 0 saturated heterocycles. The summed E-state index contributed by atoms with van der Waals surface area (Å²) in [6.45, 7) is 1.77. The van der Waals surface area contributed by atoms with Gasteiger partial charge in [0.1, 0.15) is 0 Å². The third-order valence-corrected chi connectivity index (χ3v) is 3.04. The summed E-state index contributed by atoms with van der Waals surface area (Å²) >= 11 is 0. The zero-order valence-corrected chi connectivity index (χ0v) is 7.42. The van der Waals surface area contributed by atoms with Gasteiger partial charge in [-0.05, 0) is 29.9 Å². The maximum Gasteiger partial charge on any atom is 0.512 e. The van der Waals surface area contributed by atoms with Gasteiger partial charge in [-0.15, -0.1) is 0 Å². The second kappa shape index (κ2) is 3.44. The zero-order chi connectivity index (χ0) is 8.43. The highest BCUT2D eigenvalue weighted by atomic mass is 31.1. The fraction of sp³-hybridized carbons (Fsp3) is 0.714. The molecule has 0 aromatic carbocycles. The molecule has 3 nitrogen and oxygen atoms in total. The molecule has 0 heterocycles. The van der Waals surface area contributed by atoms with E-state index in [9.17, 15) is 4.57 Å². The van der Waals surface area contributed by atoms with Gasteiger partial charge in [0, 0.05) is 6.04 Å². The van der Waals surface area contributed by atoms with E-state index in [2.05, 4.69) is 0 Å². The second-order valence-electron chi connectivity index (χ2n) is 2.96. The fourth-order valence-electron chi connectivity index (χ4n) is 1.26. The van der Waals surface area contributed by atoms with E-state index in [1.54, 1.807) is 6.92 Å². The summed E-state index contributed by atoms with van der Waals surface area (Å²) in [6.07, 6.45) is 3.62. The first-order valence-electron chi connectivity index (χ1n) is 3.71. The van der Waals surface area contributed by atoms with Gasteiger partial charge in [0.05, 0.1) is 0 Å². The van der Waals surface area contributed by atoms with Gasteiger partial charge in [0.25, 0.3) is 0 Å². The van der Waals surface area contributed by atoms with Crippen molar-refractivity contribution in [3.8, 4) is 0 Å². The lowest BCUT2D eigenvalue weighted by atomic mass is 10.1. The molecule has 3 unspecified atom stereocenters. The van der Waals surface area contributed by atoms with Gasteiger partial charge in [0.15, 0.2) is 0 Å². The summed E-state index contributed by atoms with van der Waals surface area (Å²) < 4.78 is 10.7. The summed E-state index contributed by atoms with van der Waals surface area (Å²) in [5.41, 5.74) is 6.47. The molecule has 0 aromatic heterocycles. The van der Waals surface area contributed by atoms with Crippen molar-refractivity contribution in [2.75, 3.05) is 0 Å². The number of nitrogens with two attached hydrogens (primary N) is 1. The number of hydrogen-bond acceptors (Lipinski definition) is 2. The van der Waals surface area contributed by atoms with Crippen LogP contribution in [0.4, 0.5) is 0 Å². The lowest BCUT2D eigenvalue weighted by Gasteiger charge is -2.01. The first-order chi connectivity index (χ1) is 5.11. The molecule has 3 N–H and O–H groups in total. The Morgan fingerprint density at radius 3 is 2.91 bits per heavy atom. The molecule has 1 aliphatic rings. The van der Waals surface area contributed by atoms with E-state index in [1.165, 1.54) is 0 Å². The minimum atomic E-state index is -2.07. The van der Waals surface area contributed by atoms with Crippen molar-refractivity contribution in [3.05, 3.63) is 11.6 Å². The Morgan fingerprint density at radius 1 is 1.91 bits per heavy atom. The van der Waals surface area contributed by atoms with Gasteiger partial charge >= 0.3 is 8.03 Å². The maximum atomic E-state index is 10.7. The van der Waals surface area contributed by atoms with Crippen LogP contribution in [0, 0.1) is 0 Å². The molecular formula is C7H13NO2P+. The molecule has 0 amide bonds. The van der Waals surface area contributed by atoms with Crippen LogP contribution in [0.1, 0.15) is 19.8 Å². The molecule has 1 rings (SSSR count). The van der Waals surface area contributed by atoms with E-state index in [1.807, 2.05) is 6.08 Å². The average Bonchev–Trinajstić information content (AvgIpc) is 2.34. The first-order valence-corrected chi connectivity index (χ1v) is 4.99. The molecule has 0 aliphatic heterocycles. The molecular weight excluding hydrogens is 161 g/mol. The molecule has 0 aromatic rings. The molecule has 4 heteroatoms. The predicted octanol–water partition coefficient (Wildman–Crippen LogP) is 1.16. The van der Waals surface area contributed by atoms with E-state index in [0.717, 1.165) is 18.4 Å². The third kappa shape index (κ3) is 2.09. The van der Waals surface area contributed by atoms with E-state index in [0.29, 0.717) is 0 Å². The molecule has 1 aliphatic carbocycles. The molecule has 0 radical (unpaired) electrons. The summed E-state index contributed by atoms with van der Waals surface area (Å²) in [6, 6.07) is 0.169. The molecule has 3 atom stereocenters. The smallest absolute Gasteiger partial charge is 0.327 e. The monoisotopic (exact) mass is 174 g/mol. The standard InChI is InChI=1S/C7H12NO2P/c1-5(11(9)10)6-2-3-7(8)4-6/h2,5,7H,3-4,8H2,1H3/p+1. The average molecular weight is 174 g/mol. The Labute approximate surface area is 67.2 Å². The van der Waals surface area contributed by atoms with E-state index < -0.39 is 8.03 Å². The van der Waals surface area contributed by atoms with Crippen LogP contribution in [0.25, 0.3) is 0 Å². The van der Waals surface area contributed by atoms with Crippen LogP contribution >= 0.6 is 8.03 Å². The normalized spacial score (nSPS) is 28.1. The molecule has 0 spiro atoms. The summed E-state index contributed by atoms with van der Waals surface area (Å²) in [4.78, 5) is 8.80. The van der Waals surface area contributed by atoms with Crippen molar-refractivity contribution < 1.29 is 9.46 Å². The van der Waals surface area contributed by atoms with Crippen LogP contribution in [-0.4, -0.2) is 16.6 Å². The minimum Gasteiger partial charge on any atom is -0.327 e. The summed E-state index contributed by atoms with van der Waals surface area (Å²) in [5, 5.41) is 0. The Balaban J connectivity index is 2.56. The first kappa shape index (κ1) is 8.85. The van der Waals surface area contributed by atoms with E-state index in [4.69, 9.17) is 10.6 Å². The van der Waals surface area contributed by atoms with Crippen molar-refractivity contribution in [1.82, 2.24) is 0 Å². The van der Waals surface area contributed by atoms with Gasteiger partial charge in [-0.25, -0.2) is 0 Å². The maximum absolute atomic E-state index is 10.7. The molecule has 11 heavy (non-hydrogen) atoms. The number of rotatable bonds is 2. The van der Waals surface area contributed by atoms with Crippen LogP contribution in [0.2, 0.25) is 0 Å². The highest BCUT2D eigenvalue weighted by Gasteiger charge is 2.30. The van der Waals surface area contributed by atoms with Gasteiger partial charge in [-0.3, -0.25) is 0 Å². The number of hydrogen-bond donors (Lipinski definition) is 2. The quantitative estimate of drug-likeness (QED) is 0.487. The van der Waals surface area contributed by atoms with Crippen molar-refractivity contribution >= 4 is 8.03 Å². The highest BCUT2D eigenvalue weighted by Crippen LogP contribution is 2.33. The Bertz CT molecular complexity index is 203. The van der Waals surface area contributed by atoms with Gasteiger partial charge < -0.3 is 5.73 Å². The second-order valence-corrected chi connectivity index (χ2v) is 4.34. The minimum absolute atomic E-state index is 0.169. The molecule has 0 bridgehead atoms. The fourth-order valence-corrected chi connectivity index (χ4v) is 1.75. The van der Waals surface area contributed by atoms with Crippen LogP contribution in [-0.2, 0) is 4.57 Å². The van der Waals surface area contributed by atoms with Gasteiger partial charge in [0.2, 0.25) is 5.66 Å². The topological polar surface area (TPSA) is 63.3 Å². The lowest BCUT2D eigenvalue weighted by Crippen LogP contribution is -2.16. The van der Waals surface area contributed by atoms with Crippen molar-refractivity contribution in [2.24, 2.45) is 5.73 Å². The van der Waals surface area contributed by atoms with E-state index >= 15 is 0 Å². The van der Waals surface area contributed by atoms with E-state index in [-0.39, 0.29) is 11.7 Å². The SMILES string of the molecule is CC(C1=CCC(N)C1)[P+](=O)O. The zero-order valence-electron chi connectivity index (χ0n) is 6.53. The largest absolute Gasteiger partial charge is 0.512 e. The van der Waals surface area contributed by atoms with Crippen molar-refractivity contribution in [3.63, 3.8) is 0 Å². The predicted molar refractivity (Wildman–Crippen MR) is 44.6 cm³/mol. The van der Waals surface area contributed by atoms with Crippen LogP contribution in [0.3, 0.4) is 0 Å². The third-order valence-electron chi connectivity index (χ3n) is 2.05. The Hall–Kier alpha value is -0.240. The molecule has 62 valence electrons. The Morgan fingerprint density at radius 2 is 2.55 bits per heavy atom. The Kier molecular flexibility index (Phi) is 2.77. The van der Waals surface area contributed by atoms with Crippen LogP contribution in [0.5, 0.6) is 0 Å². The van der Waals surface area contributed by atoms with Gasteiger partial charge in [-0.2, -0.15) is 4.89 Å². The van der Waals surface area contributed by atoms with Crippen LogP contribution in [0.15, 0.2) is 11.6 Å². The summed E-state index contributed by atoms with van der Waals surface area (Å²) in [5.74, 6) is 0. The molecule has 0 fully saturated rings. The van der Waals surface area contributed by atoms with Crippen LogP contribution < -0.4 is 5.73 Å².